The van der Waals surface area contributed by atoms with Crippen molar-refractivity contribution in [2.45, 2.75) is 13.8 Å². The van der Waals surface area contributed by atoms with Gasteiger partial charge in [0, 0.05) is 22.5 Å². The Hall–Kier alpha value is -2.78. The fraction of sp³-hybridized carbons (Fsp3) is 0.0952. The van der Waals surface area contributed by atoms with Crippen molar-refractivity contribution in [1.29, 1.82) is 0 Å². The Balaban J connectivity index is 1.92. The van der Waals surface area contributed by atoms with E-state index >= 15 is 0 Å². The highest BCUT2D eigenvalue weighted by molar-refractivity contribution is 6.30. The van der Waals surface area contributed by atoms with Gasteiger partial charge in [-0.1, -0.05) is 41.9 Å². The van der Waals surface area contributed by atoms with Crippen molar-refractivity contribution in [2.75, 3.05) is 5.32 Å². The number of rotatable bonds is 3. The van der Waals surface area contributed by atoms with Crippen LogP contribution in [0.4, 0.5) is 11.5 Å². The van der Waals surface area contributed by atoms with Crippen LogP contribution in [0.2, 0.25) is 5.02 Å². The SMILES string of the molecule is Cc1ccn2c(Nc3ccccc3C)c(-c3ccc(Cl)cc3)nc2c1. The van der Waals surface area contributed by atoms with Crippen molar-refractivity contribution in [3.8, 4) is 11.3 Å². The molecule has 0 amide bonds. The van der Waals surface area contributed by atoms with Crippen LogP contribution >= 0.6 is 11.6 Å². The maximum atomic E-state index is 6.05. The Labute approximate surface area is 151 Å². The maximum absolute atomic E-state index is 6.05. The number of aryl methyl sites for hydroxylation is 2. The first-order chi connectivity index (χ1) is 12.1. The van der Waals surface area contributed by atoms with Crippen molar-refractivity contribution in [3.05, 3.63) is 83.0 Å². The third kappa shape index (κ3) is 2.99. The second-order valence-electron chi connectivity index (χ2n) is 6.19. The van der Waals surface area contributed by atoms with Crippen LogP contribution in [-0.2, 0) is 0 Å². The summed E-state index contributed by atoms with van der Waals surface area (Å²) in [6, 6.07) is 20.2. The van der Waals surface area contributed by atoms with Gasteiger partial charge in [0.15, 0.2) is 0 Å². The van der Waals surface area contributed by atoms with Crippen LogP contribution in [0, 0.1) is 13.8 Å². The van der Waals surface area contributed by atoms with Gasteiger partial charge in [0.1, 0.15) is 17.2 Å². The number of halogens is 1. The monoisotopic (exact) mass is 347 g/mol. The van der Waals surface area contributed by atoms with Gasteiger partial charge in [-0.15, -0.1) is 0 Å². The zero-order chi connectivity index (χ0) is 17.4. The second-order valence-corrected chi connectivity index (χ2v) is 6.62. The summed E-state index contributed by atoms with van der Waals surface area (Å²) >= 11 is 6.05. The molecule has 1 N–H and O–H groups in total. The van der Waals surface area contributed by atoms with Crippen LogP contribution in [0.15, 0.2) is 66.9 Å². The number of benzene rings is 2. The minimum absolute atomic E-state index is 0.719. The van der Waals surface area contributed by atoms with Gasteiger partial charge in [-0.2, -0.15) is 0 Å². The zero-order valence-electron chi connectivity index (χ0n) is 14.1. The van der Waals surface area contributed by atoms with Crippen LogP contribution in [0.3, 0.4) is 0 Å². The number of imidazole rings is 1. The molecule has 3 nitrogen and oxygen atoms in total. The van der Waals surface area contributed by atoms with Gasteiger partial charge in [-0.05, 0) is 55.3 Å². The zero-order valence-corrected chi connectivity index (χ0v) is 14.9. The molecule has 0 aliphatic carbocycles. The van der Waals surface area contributed by atoms with E-state index in [4.69, 9.17) is 16.6 Å². The maximum Gasteiger partial charge on any atom is 0.143 e. The van der Waals surface area contributed by atoms with Gasteiger partial charge in [-0.25, -0.2) is 4.98 Å². The number of aromatic nitrogens is 2. The number of hydrogen-bond donors (Lipinski definition) is 1. The molecule has 0 aliphatic heterocycles. The molecule has 0 saturated heterocycles. The minimum atomic E-state index is 0.719. The largest absolute Gasteiger partial charge is 0.339 e. The smallest absolute Gasteiger partial charge is 0.143 e. The highest BCUT2D eigenvalue weighted by atomic mass is 35.5. The van der Waals surface area contributed by atoms with Gasteiger partial charge in [-0.3, -0.25) is 4.40 Å². The highest BCUT2D eigenvalue weighted by Crippen LogP contribution is 2.32. The topological polar surface area (TPSA) is 29.3 Å². The molecule has 124 valence electrons. The fourth-order valence-electron chi connectivity index (χ4n) is 2.92. The lowest BCUT2D eigenvalue weighted by molar-refractivity contribution is 1.17. The van der Waals surface area contributed by atoms with E-state index in [0.29, 0.717) is 0 Å². The van der Waals surface area contributed by atoms with Crippen LogP contribution in [0.1, 0.15) is 11.1 Å². The van der Waals surface area contributed by atoms with Crippen molar-refractivity contribution < 1.29 is 0 Å². The van der Waals surface area contributed by atoms with Crippen LogP contribution in [0.25, 0.3) is 16.9 Å². The normalized spacial score (nSPS) is 11.0. The van der Waals surface area contributed by atoms with Crippen LogP contribution in [0.5, 0.6) is 0 Å². The first-order valence-electron chi connectivity index (χ1n) is 8.19. The molecular formula is C21H18ClN3. The molecule has 0 spiro atoms. The Morgan fingerprint density at radius 3 is 2.48 bits per heavy atom. The number of fused-ring (bicyclic) bond motifs is 1. The van der Waals surface area contributed by atoms with Crippen molar-refractivity contribution in [3.63, 3.8) is 0 Å². The van der Waals surface area contributed by atoms with Crippen molar-refractivity contribution >= 4 is 28.8 Å². The average molecular weight is 348 g/mol. The summed E-state index contributed by atoms with van der Waals surface area (Å²) in [5, 5.41) is 4.28. The molecule has 0 fully saturated rings. The highest BCUT2D eigenvalue weighted by Gasteiger charge is 2.15. The number of nitrogens with zero attached hydrogens (tertiary/aromatic N) is 2. The predicted molar refractivity (Wildman–Crippen MR) is 105 cm³/mol. The van der Waals surface area contributed by atoms with Gasteiger partial charge < -0.3 is 5.32 Å². The van der Waals surface area contributed by atoms with Gasteiger partial charge in [0.2, 0.25) is 0 Å². The lowest BCUT2D eigenvalue weighted by Gasteiger charge is -2.11. The molecule has 0 aliphatic rings. The lowest BCUT2D eigenvalue weighted by atomic mass is 10.1. The molecule has 0 bridgehead atoms. The molecule has 2 aromatic heterocycles. The predicted octanol–water partition coefficient (Wildman–Crippen LogP) is 6.02. The molecule has 2 heterocycles. The number of para-hydroxylation sites is 1. The van der Waals surface area contributed by atoms with E-state index in [1.54, 1.807) is 0 Å². The van der Waals surface area contributed by atoms with Crippen molar-refractivity contribution in [1.82, 2.24) is 9.38 Å². The number of pyridine rings is 1. The standard InChI is InChI=1S/C21H18ClN3/c1-14-11-12-25-19(13-14)24-20(16-7-9-17(22)10-8-16)21(25)23-18-6-4-3-5-15(18)2/h3-13,23H,1-2H3. The Morgan fingerprint density at radius 2 is 1.72 bits per heavy atom. The molecule has 0 radical (unpaired) electrons. The summed E-state index contributed by atoms with van der Waals surface area (Å²) in [5.74, 6) is 0.951. The summed E-state index contributed by atoms with van der Waals surface area (Å²) < 4.78 is 2.09. The molecule has 4 rings (SSSR count). The summed E-state index contributed by atoms with van der Waals surface area (Å²) in [7, 11) is 0. The lowest BCUT2D eigenvalue weighted by Crippen LogP contribution is -1.98. The summed E-state index contributed by atoms with van der Waals surface area (Å²) in [4.78, 5) is 4.86. The molecule has 0 atom stereocenters. The molecular weight excluding hydrogens is 330 g/mol. The average Bonchev–Trinajstić information content (AvgIpc) is 2.95. The Kier molecular flexibility index (Phi) is 3.94. The van der Waals surface area contributed by atoms with Gasteiger partial charge in [0.25, 0.3) is 0 Å². The van der Waals surface area contributed by atoms with E-state index in [2.05, 4.69) is 54.0 Å². The Morgan fingerprint density at radius 1 is 0.960 bits per heavy atom. The second kappa shape index (κ2) is 6.26. The third-order valence-corrected chi connectivity index (χ3v) is 4.55. The molecule has 2 aromatic carbocycles. The van der Waals surface area contributed by atoms with E-state index in [-0.39, 0.29) is 0 Å². The quantitative estimate of drug-likeness (QED) is 0.491. The van der Waals surface area contributed by atoms with Crippen molar-refractivity contribution in [2.24, 2.45) is 0 Å². The fourth-order valence-corrected chi connectivity index (χ4v) is 3.04. The number of hydrogen-bond acceptors (Lipinski definition) is 2. The van der Waals surface area contributed by atoms with Crippen LogP contribution < -0.4 is 5.32 Å². The summed E-state index contributed by atoms with van der Waals surface area (Å²) in [6.07, 6.45) is 2.05. The molecule has 4 heteroatoms. The minimum Gasteiger partial charge on any atom is -0.339 e. The molecule has 0 saturated carbocycles. The van der Waals surface area contributed by atoms with E-state index in [0.717, 1.165) is 33.4 Å². The van der Waals surface area contributed by atoms with E-state index < -0.39 is 0 Å². The number of anilines is 2. The molecule has 4 aromatic rings. The first kappa shape index (κ1) is 15.7. The molecule has 25 heavy (non-hydrogen) atoms. The van der Waals surface area contributed by atoms with E-state index in [9.17, 15) is 0 Å². The molecule has 0 unspecified atom stereocenters. The summed E-state index contributed by atoms with van der Waals surface area (Å²) in [5.41, 5.74) is 6.29. The van der Waals surface area contributed by atoms with E-state index in [1.165, 1.54) is 11.1 Å². The van der Waals surface area contributed by atoms with Crippen LogP contribution in [-0.4, -0.2) is 9.38 Å². The van der Waals surface area contributed by atoms with Gasteiger partial charge in [0.05, 0.1) is 0 Å². The first-order valence-corrected chi connectivity index (χ1v) is 8.57. The summed E-state index contributed by atoms with van der Waals surface area (Å²) in [6.45, 7) is 4.17. The number of nitrogens with one attached hydrogen (secondary N) is 1. The van der Waals surface area contributed by atoms with E-state index in [1.807, 2.05) is 36.4 Å². The third-order valence-electron chi connectivity index (χ3n) is 4.30. The Bertz CT molecular complexity index is 1050. The van der Waals surface area contributed by atoms with Gasteiger partial charge >= 0.3 is 0 Å².